The first-order valence-electron chi connectivity index (χ1n) is 3.69. The summed E-state index contributed by atoms with van der Waals surface area (Å²) in [5.74, 6) is -1.25. The number of hydrogen-bond donors (Lipinski definition) is 4. The maximum Gasteiger partial charge on any atom is 0.164 e. The molecule has 0 aliphatic carbocycles. The Morgan fingerprint density at radius 1 is 1.08 bits per heavy atom. The highest BCUT2D eigenvalue weighted by Gasteiger charge is 2.10. The summed E-state index contributed by atoms with van der Waals surface area (Å²) in [6.45, 7) is 5.71. The largest absolute Gasteiger partial charge is 0.509 e. The maximum absolute atomic E-state index is 9.30. The van der Waals surface area contributed by atoms with E-state index in [0.717, 1.165) is 0 Å². The van der Waals surface area contributed by atoms with Gasteiger partial charge in [-0.05, 0) is 19.4 Å². The topological polar surface area (TPSA) is 80.9 Å². The van der Waals surface area contributed by atoms with Crippen molar-refractivity contribution >= 4 is 0 Å². The van der Waals surface area contributed by atoms with Gasteiger partial charge >= 0.3 is 0 Å². The quantitative estimate of drug-likeness (QED) is 0.399. The fourth-order valence-electron chi connectivity index (χ4n) is 0.635. The molecule has 4 N–H and O–H groups in total. The average Bonchev–Trinajstić information content (AvgIpc) is 2.12. The Bertz CT molecular complexity index is 273. The molecule has 0 saturated carbocycles. The number of aliphatic hydroxyl groups excluding tert-OH is 4. The van der Waals surface area contributed by atoms with Crippen molar-refractivity contribution in [3.63, 3.8) is 0 Å². The van der Waals surface area contributed by atoms with Gasteiger partial charge in [0.15, 0.2) is 11.5 Å². The zero-order valence-corrected chi connectivity index (χ0v) is 7.70. The van der Waals surface area contributed by atoms with E-state index in [1.807, 2.05) is 0 Å². The number of rotatable bonds is 3. The normalized spacial score (nSPS) is 14.7. The van der Waals surface area contributed by atoms with Crippen LogP contribution in [-0.2, 0) is 0 Å². The molecule has 74 valence electrons. The Kier molecular flexibility index (Phi) is 4.07. The smallest absolute Gasteiger partial charge is 0.164 e. The maximum atomic E-state index is 9.30. The Morgan fingerprint density at radius 3 is 1.85 bits per heavy atom. The molecule has 0 fully saturated rings. The van der Waals surface area contributed by atoms with Crippen LogP contribution in [0, 0.1) is 0 Å². The van der Waals surface area contributed by atoms with Gasteiger partial charge in [-0.1, -0.05) is 6.58 Å². The summed E-state index contributed by atoms with van der Waals surface area (Å²) in [6.07, 6.45) is 0. The van der Waals surface area contributed by atoms with E-state index in [4.69, 9.17) is 10.2 Å². The lowest BCUT2D eigenvalue weighted by Gasteiger charge is -2.06. The molecule has 0 radical (unpaired) electrons. The van der Waals surface area contributed by atoms with E-state index in [0.29, 0.717) is 0 Å². The van der Waals surface area contributed by atoms with E-state index < -0.39 is 18.1 Å². The first-order valence-corrected chi connectivity index (χ1v) is 3.69. The molecule has 0 saturated heterocycles. The van der Waals surface area contributed by atoms with Crippen LogP contribution < -0.4 is 0 Å². The summed E-state index contributed by atoms with van der Waals surface area (Å²) < 4.78 is 0. The van der Waals surface area contributed by atoms with Crippen molar-refractivity contribution in [2.24, 2.45) is 0 Å². The first kappa shape index (κ1) is 11.6. The highest BCUT2D eigenvalue weighted by atomic mass is 16.3. The second-order valence-corrected chi connectivity index (χ2v) is 2.71. The zero-order valence-electron chi connectivity index (χ0n) is 7.70. The van der Waals surface area contributed by atoms with Gasteiger partial charge in [0.05, 0.1) is 0 Å². The minimum absolute atomic E-state index is 0.0306. The lowest BCUT2D eigenvalue weighted by molar-refractivity contribution is 0.245. The lowest BCUT2D eigenvalue weighted by atomic mass is 10.1. The fraction of sp³-hybridized carbons (Fsp3) is 0.333. The summed E-state index contributed by atoms with van der Waals surface area (Å²) in [6, 6.07) is 0. The number of aliphatic hydroxyl groups is 4. The number of allylic oxidation sites excluding steroid dienone is 2. The van der Waals surface area contributed by atoms with Gasteiger partial charge in [0.25, 0.3) is 0 Å². The summed E-state index contributed by atoms with van der Waals surface area (Å²) in [5.41, 5.74) is 0.311. The Hall–Kier alpha value is -1.42. The Balaban J connectivity index is 5.10. The van der Waals surface area contributed by atoms with Gasteiger partial charge in [0.2, 0.25) is 0 Å². The van der Waals surface area contributed by atoms with Crippen LogP contribution in [0.25, 0.3) is 0 Å². The Morgan fingerprint density at radius 2 is 1.54 bits per heavy atom. The van der Waals surface area contributed by atoms with Crippen LogP contribution in [0.15, 0.2) is 35.0 Å². The summed E-state index contributed by atoms with van der Waals surface area (Å²) in [5, 5.41) is 36.1. The minimum atomic E-state index is -0.584. The van der Waals surface area contributed by atoms with E-state index in [2.05, 4.69) is 6.58 Å². The highest BCUT2D eigenvalue weighted by molar-refractivity contribution is 5.34. The molecule has 0 heterocycles. The third-order valence-electron chi connectivity index (χ3n) is 1.57. The van der Waals surface area contributed by atoms with Gasteiger partial charge < -0.3 is 20.4 Å². The molecule has 0 aliphatic heterocycles. The second-order valence-electron chi connectivity index (χ2n) is 2.71. The molecule has 0 aromatic carbocycles. The first-order chi connectivity index (χ1) is 5.91. The third kappa shape index (κ3) is 2.83. The molecule has 4 nitrogen and oxygen atoms in total. The highest BCUT2D eigenvalue weighted by Crippen LogP contribution is 2.16. The number of hydrogen-bond acceptors (Lipinski definition) is 4. The molecule has 0 unspecified atom stereocenters. The van der Waals surface area contributed by atoms with Crippen molar-refractivity contribution in [3.8, 4) is 0 Å². The molecular weight excluding hydrogens is 172 g/mol. The van der Waals surface area contributed by atoms with E-state index in [1.54, 1.807) is 0 Å². The predicted octanol–water partition coefficient (Wildman–Crippen LogP) is 1.71. The van der Waals surface area contributed by atoms with Crippen LogP contribution in [0.1, 0.15) is 13.8 Å². The third-order valence-corrected chi connectivity index (χ3v) is 1.57. The van der Waals surface area contributed by atoms with Gasteiger partial charge in [0.1, 0.15) is 12.4 Å². The van der Waals surface area contributed by atoms with Crippen molar-refractivity contribution in [1.82, 2.24) is 0 Å². The van der Waals surface area contributed by atoms with Crippen molar-refractivity contribution in [2.75, 3.05) is 6.61 Å². The second kappa shape index (κ2) is 4.57. The predicted molar refractivity (Wildman–Crippen MR) is 49.5 cm³/mol. The van der Waals surface area contributed by atoms with Gasteiger partial charge in [-0.15, -0.1) is 0 Å². The molecule has 0 aromatic heterocycles. The molecule has 0 spiro atoms. The van der Waals surface area contributed by atoms with Gasteiger partial charge in [-0.25, -0.2) is 0 Å². The summed E-state index contributed by atoms with van der Waals surface area (Å²) in [7, 11) is 0. The van der Waals surface area contributed by atoms with Gasteiger partial charge in [-0.2, -0.15) is 0 Å². The van der Waals surface area contributed by atoms with E-state index >= 15 is 0 Å². The van der Waals surface area contributed by atoms with Crippen LogP contribution in [0.3, 0.4) is 0 Å². The summed E-state index contributed by atoms with van der Waals surface area (Å²) in [4.78, 5) is 0. The molecule has 0 aromatic rings. The van der Waals surface area contributed by atoms with E-state index in [9.17, 15) is 10.2 Å². The van der Waals surface area contributed by atoms with Crippen LogP contribution in [0.5, 0.6) is 0 Å². The molecular formula is C9H14O4. The van der Waals surface area contributed by atoms with Crippen molar-refractivity contribution in [3.05, 3.63) is 35.0 Å². The van der Waals surface area contributed by atoms with Gasteiger partial charge in [0, 0.05) is 5.57 Å². The lowest BCUT2D eigenvalue weighted by Crippen LogP contribution is -1.99. The average molecular weight is 186 g/mol. The molecule has 0 rings (SSSR count). The van der Waals surface area contributed by atoms with Crippen molar-refractivity contribution in [1.29, 1.82) is 0 Å². The van der Waals surface area contributed by atoms with E-state index in [-0.39, 0.29) is 16.9 Å². The van der Waals surface area contributed by atoms with Crippen molar-refractivity contribution in [2.45, 2.75) is 13.8 Å². The fourth-order valence-corrected chi connectivity index (χ4v) is 0.635. The van der Waals surface area contributed by atoms with Crippen LogP contribution in [0.4, 0.5) is 0 Å². The molecule has 0 amide bonds. The van der Waals surface area contributed by atoms with Crippen LogP contribution in [0.2, 0.25) is 0 Å². The monoisotopic (exact) mass is 186 g/mol. The molecule has 13 heavy (non-hydrogen) atoms. The van der Waals surface area contributed by atoms with E-state index in [1.165, 1.54) is 13.8 Å². The zero-order chi connectivity index (χ0) is 10.6. The summed E-state index contributed by atoms with van der Waals surface area (Å²) >= 11 is 0. The van der Waals surface area contributed by atoms with Crippen LogP contribution in [-0.4, -0.2) is 27.0 Å². The SMILES string of the molecule is C=C(C)/C(O)=C(O)\C(C)=C(\O)CO. The molecule has 0 bridgehead atoms. The molecule has 0 atom stereocenters. The molecule has 0 aliphatic rings. The van der Waals surface area contributed by atoms with Crippen molar-refractivity contribution < 1.29 is 20.4 Å². The standard InChI is InChI=1S/C9H14O4/c1-5(2)8(12)9(13)6(3)7(11)4-10/h10-13H,1,4H2,2-3H3/b7-6+,9-8-. The Labute approximate surface area is 76.8 Å². The molecule has 4 heteroatoms. The van der Waals surface area contributed by atoms with Gasteiger partial charge in [-0.3, -0.25) is 0 Å². The van der Waals surface area contributed by atoms with Crippen LogP contribution >= 0.6 is 0 Å². The minimum Gasteiger partial charge on any atom is -0.509 e.